The molecule has 0 spiro atoms. The molecule has 4 heteroatoms. The van der Waals surface area contributed by atoms with E-state index in [1.165, 1.54) is 22.6 Å². The Kier molecular flexibility index (Phi) is 6.21. The van der Waals surface area contributed by atoms with Crippen molar-refractivity contribution in [3.63, 3.8) is 0 Å². The molecule has 0 saturated heterocycles. The van der Waals surface area contributed by atoms with Crippen molar-refractivity contribution in [3.05, 3.63) is 45.9 Å². The van der Waals surface area contributed by atoms with Gasteiger partial charge in [0.15, 0.2) is 0 Å². The van der Waals surface area contributed by atoms with E-state index < -0.39 is 0 Å². The van der Waals surface area contributed by atoms with Crippen LogP contribution in [0.1, 0.15) is 22.6 Å². The van der Waals surface area contributed by atoms with Gasteiger partial charge >= 0.3 is 0 Å². The summed E-state index contributed by atoms with van der Waals surface area (Å²) in [6.07, 6.45) is 3.32. The van der Waals surface area contributed by atoms with Crippen molar-refractivity contribution in [2.75, 3.05) is 20.7 Å². The van der Waals surface area contributed by atoms with Gasteiger partial charge in [-0.1, -0.05) is 18.2 Å². The maximum atomic E-state index is 5.47. The van der Waals surface area contributed by atoms with Crippen LogP contribution in [0.25, 0.3) is 0 Å². The number of aromatic nitrogens is 1. The first-order valence-electron chi connectivity index (χ1n) is 7.40. The van der Waals surface area contributed by atoms with Gasteiger partial charge in [-0.2, -0.15) is 0 Å². The standard InChI is InChI=1S/C17H24N2OS/c1-13-17(21-12-19-13)9-8-14(11-18-2)10-15-6-4-5-7-16(15)20-3/h4-7,12,14,18H,8-11H2,1-3H3. The van der Waals surface area contributed by atoms with Crippen molar-refractivity contribution in [1.29, 1.82) is 0 Å². The van der Waals surface area contributed by atoms with Crippen LogP contribution in [0.15, 0.2) is 29.8 Å². The maximum absolute atomic E-state index is 5.47. The minimum atomic E-state index is 0.604. The van der Waals surface area contributed by atoms with Crippen molar-refractivity contribution >= 4 is 11.3 Å². The Morgan fingerprint density at radius 3 is 2.81 bits per heavy atom. The Hall–Kier alpha value is -1.39. The van der Waals surface area contributed by atoms with E-state index in [4.69, 9.17) is 4.74 Å². The summed E-state index contributed by atoms with van der Waals surface area (Å²) in [7, 11) is 3.76. The normalized spacial score (nSPS) is 12.3. The topological polar surface area (TPSA) is 34.2 Å². The van der Waals surface area contributed by atoms with E-state index in [2.05, 4.69) is 29.4 Å². The van der Waals surface area contributed by atoms with Crippen molar-refractivity contribution in [2.24, 2.45) is 5.92 Å². The average Bonchev–Trinajstić information content (AvgIpc) is 2.91. The van der Waals surface area contributed by atoms with Crippen LogP contribution in [0.5, 0.6) is 5.75 Å². The highest BCUT2D eigenvalue weighted by Crippen LogP contribution is 2.24. The van der Waals surface area contributed by atoms with Crippen LogP contribution < -0.4 is 10.1 Å². The summed E-state index contributed by atoms with van der Waals surface area (Å²) in [6.45, 7) is 3.12. The monoisotopic (exact) mass is 304 g/mol. The summed E-state index contributed by atoms with van der Waals surface area (Å²) in [5.41, 5.74) is 4.42. The van der Waals surface area contributed by atoms with Crippen LogP contribution in [0.2, 0.25) is 0 Å². The molecule has 1 atom stereocenters. The first-order valence-corrected chi connectivity index (χ1v) is 8.28. The fraction of sp³-hybridized carbons (Fsp3) is 0.471. The van der Waals surface area contributed by atoms with Crippen molar-refractivity contribution < 1.29 is 4.74 Å². The molecule has 0 saturated carbocycles. The number of ether oxygens (including phenoxy) is 1. The molecule has 1 aromatic heterocycles. The average molecular weight is 304 g/mol. The molecule has 21 heavy (non-hydrogen) atoms. The van der Waals surface area contributed by atoms with Crippen molar-refractivity contribution in [2.45, 2.75) is 26.2 Å². The second-order valence-electron chi connectivity index (χ2n) is 5.34. The third-order valence-corrected chi connectivity index (χ3v) is 4.81. The van der Waals surface area contributed by atoms with E-state index in [0.717, 1.165) is 25.1 Å². The lowest BCUT2D eigenvalue weighted by Gasteiger charge is -2.18. The first kappa shape index (κ1) is 16.0. The van der Waals surface area contributed by atoms with Gasteiger partial charge in [0.1, 0.15) is 5.75 Å². The van der Waals surface area contributed by atoms with E-state index >= 15 is 0 Å². The summed E-state index contributed by atoms with van der Waals surface area (Å²) in [4.78, 5) is 5.75. The van der Waals surface area contributed by atoms with E-state index in [-0.39, 0.29) is 0 Å². The third-order valence-electron chi connectivity index (χ3n) is 3.82. The van der Waals surface area contributed by atoms with E-state index in [1.54, 1.807) is 18.4 Å². The summed E-state index contributed by atoms with van der Waals surface area (Å²) in [5.74, 6) is 1.60. The molecule has 0 bridgehead atoms. The van der Waals surface area contributed by atoms with Crippen molar-refractivity contribution in [1.82, 2.24) is 10.3 Å². The van der Waals surface area contributed by atoms with E-state index in [9.17, 15) is 0 Å². The first-order chi connectivity index (χ1) is 10.2. The summed E-state index contributed by atoms with van der Waals surface area (Å²) in [5, 5.41) is 3.32. The molecule has 1 N–H and O–H groups in total. The molecule has 0 amide bonds. The van der Waals surface area contributed by atoms with Crippen LogP contribution in [0.3, 0.4) is 0 Å². The molecule has 1 heterocycles. The van der Waals surface area contributed by atoms with Gasteiger partial charge in [0.05, 0.1) is 18.3 Å². The van der Waals surface area contributed by atoms with Gasteiger partial charge in [-0.3, -0.25) is 0 Å². The molecular weight excluding hydrogens is 280 g/mol. The lowest BCUT2D eigenvalue weighted by atomic mass is 9.93. The number of rotatable bonds is 8. The molecule has 114 valence electrons. The Balaban J connectivity index is 2.00. The second kappa shape index (κ2) is 8.15. The van der Waals surface area contributed by atoms with Gasteiger partial charge in [-0.05, 0) is 57.3 Å². The molecule has 3 nitrogen and oxygen atoms in total. The molecule has 0 aliphatic carbocycles. The number of aryl methyl sites for hydroxylation is 2. The molecular formula is C17H24N2OS. The van der Waals surface area contributed by atoms with Gasteiger partial charge in [0, 0.05) is 4.88 Å². The molecule has 0 aliphatic rings. The lowest BCUT2D eigenvalue weighted by molar-refractivity contribution is 0.398. The molecule has 0 radical (unpaired) electrons. The number of methoxy groups -OCH3 is 1. The van der Waals surface area contributed by atoms with Gasteiger partial charge in [-0.15, -0.1) is 11.3 Å². The van der Waals surface area contributed by atoms with Crippen LogP contribution in [0.4, 0.5) is 0 Å². The fourth-order valence-corrected chi connectivity index (χ4v) is 3.45. The number of thiazole rings is 1. The Labute approximate surface area is 131 Å². The highest BCUT2D eigenvalue weighted by Gasteiger charge is 2.13. The maximum Gasteiger partial charge on any atom is 0.122 e. The Morgan fingerprint density at radius 2 is 2.14 bits per heavy atom. The van der Waals surface area contributed by atoms with Crippen LogP contribution in [0, 0.1) is 12.8 Å². The molecule has 1 aromatic carbocycles. The predicted octanol–water partition coefficient (Wildman–Crippen LogP) is 3.47. The lowest BCUT2D eigenvalue weighted by Crippen LogP contribution is -2.21. The van der Waals surface area contributed by atoms with Gasteiger partial charge in [0.25, 0.3) is 0 Å². The highest BCUT2D eigenvalue weighted by molar-refractivity contribution is 7.09. The summed E-state index contributed by atoms with van der Waals surface area (Å²) < 4.78 is 5.47. The number of nitrogens with one attached hydrogen (secondary N) is 1. The minimum absolute atomic E-state index is 0.604. The zero-order valence-corrected chi connectivity index (χ0v) is 13.9. The summed E-state index contributed by atoms with van der Waals surface area (Å²) >= 11 is 1.77. The summed E-state index contributed by atoms with van der Waals surface area (Å²) in [6, 6.07) is 8.32. The van der Waals surface area contributed by atoms with Gasteiger partial charge in [-0.25, -0.2) is 4.98 Å². The van der Waals surface area contributed by atoms with Gasteiger partial charge < -0.3 is 10.1 Å². The van der Waals surface area contributed by atoms with E-state index in [1.807, 2.05) is 24.7 Å². The van der Waals surface area contributed by atoms with E-state index in [0.29, 0.717) is 5.92 Å². The quantitative estimate of drug-likeness (QED) is 0.811. The largest absolute Gasteiger partial charge is 0.496 e. The van der Waals surface area contributed by atoms with Gasteiger partial charge in [0.2, 0.25) is 0 Å². The zero-order chi connectivity index (χ0) is 15.1. The Morgan fingerprint density at radius 1 is 1.33 bits per heavy atom. The second-order valence-corrected chi connectivity index (χ2v) is 6.28. The SMILES string of the molecule is CNCC(CCc1scnc1C)Cc1ccccc1OC. The number of nitrogens with zero attached hydrogens (tertiary/aromatic N) is 1. The van der Waals surface area contributed by atoms with Crippen LogP contribution >= 0.6 is 11.3 Å². The zero-order valence-electron chi connectivity index (χ0n) is 13.1. The number of benzene rings is 1. The smallest absolute Gasteiger partial charge is 0.122 e. The molecule has 0 aliphatic heterocycles. The Bertz CT molecular complexity index is 553. The van der Waals surface area contributed by atoms with Crippen LogP contribution in [-0.2, 0) is 12.8 Å². The molecule has 0 fully saturated rings. The molecule has 2 aromatic rings. The fourth-order valence-electron chi connectivity index (χ4n) is 2.65. The molecule has 2 rings (SSSR count). The minimum Gasteiger partial charge on any atom is -0.496 e. The number of para-hydroxylation sites is 1. The predicted molar refractivity (Wildman–Crippen MR) is 89.3 cm³/mol. The third kappa shape index (κ3) is 4.55. The van der Waals surface area contributed by atoms with Crippen LogP contribution in [-0.4, -0.2) is 25.7 Å². The number of hydrogen-bond acceptors (Lipinski definition) is 4. The highest BCUT2D eigenvalue weighted by atomic mass is 32.1. The molecule has 1 unspecified atom stereocenters. The number of hydrogen-bond donors (Lipinski definition) is 1. The van der Waals surface area contributed by atoms with Crippen molar-refractivity contribution in [3.8, 4) is 5.75 Å².